The molecule has 0 saturated heterocycles. The molecule has 0 heterocycles. The number of carbonyl (C=O) groups is 5. The number of carbonyl (C=O) groups excluding carboxylic acids is 4. The summed E-state index contributed by atoms with van der Waals surface area (Å²) < 4.78 is 10.6. The number of carboxylic acids is 1. The van der Waals surface area contributed by atoms with Gasteiger partial charge in [0.2, 0.25) is 11.8 Å². The number of rotatable bonds is 19. The van der Waals surface area contributed by atoms with Crippen molar-refractivity contribution in [3.05, 3.63) is 118 Å². The number of guanidine groups is 1. The van der Waals surface area contributed by atoms with Crippen LogP contribution in [0.5, 0.6) is 0 Å². The number of aliphatic carboxylic acids is 1. The molecule has 0 aliphatic rings. The number of nitrogens with zero attached hydrogens (tertiary/aromatic N) is 2. The summed E-state index contributed by atoms with van der Waals surface area (Å²) in [5.41, 5.74) is 7.35. The number of ether oxygens (including phenoxy) is 2. The third kappa shape index (κ3) is 15.1. The third-order valence-electron chi connectivity index (χ3n) is 7.13. The van der Waals surface area contributed by atoms with Crippen LogP contribution in [0.25, 0.3) is 0 Å². The molecular weight excluding hydrogens is 666 g/mol. The number of nitro groups is 1. The van der Waals surface area contributed by atoms with E-state index in [0.717, 1.165) is 0 Å². The lowest BCUT2D eigenvalue weighted by atomic mass is 10.0. The van der Waals surface area contributed by atoms with E-state index < -0.39 is 65.4 Å². The maximum atomic E-state index is 13.7. The summed E-state index contributed by atoms with van der Waals surface area (Å²) >= 11 is 0. The second kappa shape index (κ2) is 20.8. The first-order chi connectivity index (χ1) is 24.5. The molecule has 0 aliphatic carbocycles. The number of nitrogens with two attached hydrogens (primary N) is 1. The Hall–Kier alpha value is -6.52. The number of hydrogen-bond acceptors (Lipinski definition) is 9. The third-order valence-corrected chi connectivity index (χ3v) is 7.13. The van der Waals surface area contributed by atoms with Crippen LogP contribution in [0.1, 0.15) is 36.0 Å². The predicted molar refractivity (Wildman–Crippen MR) is 182 cm³/mol. The zero-order chi connectivity index (χ0) is 37.0. The molecule has 3 rings (SSSR count). The molecule has 3 atom stereocenters. The van der Waals surface area contributed by atoms with Gasteiger partial charge in [-0.2, -0.15) is 0 Å². The zero-order valence-corrected chi connectivity index (χ0v) is 27.4. The Bertz CT molecular complexity index is 1590. The summed E-state index contributed by atoms with van der Waals surface area (Å²) in [6.07, 6.45) is -1.71. The van der Waals surface area contributed by atoms with E-state index >= 15 is 0 Å². The van der Waals surface area contributed by atoms with Crippen molar-refractivity contribution in [2.45, 2.75) is 57.0 Å². The highest BCUT2D eigenvalue weighted by atomic mass is 16.7. The van der Waals surface area contributed by atoms with E-state index in [-0.39, 0.29) is 39.0 Å². The molecule has 0 radical (unpaired) electrons. The fraction of sp³-hybridized carbons (Fsp3) is 0.294. The topological polar surface area (TPSA) is 254 Å². The van der Waals surface area contributed by atoms with Gasteiger partial charge >= 0.3 is 18.0 Å². The minimum atomic E-state index is -1.55. The average molecular weight is 706 g/mol. The largest absolute Gasteiger partial charge is 0.480 e. The van der Waals surface area contributed by atoms with Crippen molar-refractivity contribution in [3.63, 3.8) is 0 Å². The first kappa shape index (κ1) is 38.9. The van der Waals surface area contributed by atoms with Crippen LogP contribution in [-0.2, 0) is 48.3 Å². The molecule has 270 valence electrons. The van der Waals surface area contributed by atoms with Crippen molar-refractivity contribution < 1.29 is 43.6 Å². The Morgan fingerprint density at radius 2 is 1.25 bits per heavy atom. The highest BCUT2D eigenvalue weighted by Gasteiger charge is 2.31. The normalized spacial score (nSPS) is 12.7. The van der Waals surface area contributed by atoms with Gasteiger partial charge in [-0.15, -0.1) is 0 Å². The van der Waals surface area contributed by atoms with Crippen molar-refractivity contribution >= 4 is 35.8 Å². The fourth-order valence-electron chi connectivity index (χ4n) is 4.59. The lowest BCUT2D eigenvalue weighted by Gasteiger charge is -2.24. The fourth-order valence-corrected chi connectivity index (χ4v) is 4.59. The molecule has 3 aromatic carbocycles. The zero-order valence-electron chi connectivity index (χ0n) is 27.4. The van der Waals surface area contributed by atoms with Gasteiger partial charge in [0.05, 0.1) is 6.42 Å². The molecule has 0 bridgehead atoms. The van der Waals surface area contributed by atoms with Crippen molar-refractivity contribution in [1.29, 1.82) is 0 Å². The van der Waals surface area contributed by atoms with E-state index in [4.69, 9.17) is 15.2 Å². The number of esters is 1. The quantitative estimate of drug-likeness (QED) is 0.0260. The summed E-state index contributed by atoms with van der Waals surface area (Å²) in [4.78, 5) is 75.3. The SMILES string of the molecule is N/C(=N\[N+](=O)[O-])NCCC[C@H](NC(=O)C(Cc1ccccc1)NC(=O)[C@H](CC(=O)OCc1ccccc1)NC(=O)OCc1ccccc1)C(=O)O. The summed E-state index contributed by atoms with van der Waals surface area (Å²) in [5, 5.41) is 31.9. The van der Waals surface area contributed by atoms with Crippen LogP contribution < -0.4 is 27.0 Å². The Balaban J connectivity index is 1.74. The van der Waals surface area contributed by atoms with E-state index in [2.05, 4.69) is 26.4 Å². The van der Waals surface area contributed by atoms with Gasteiger partial charge in [-0.1, -0.05) is 91.0 Å². The first-order valence-corrected chi connectivity index (χ1v) is 15.8. The van der Waals surface area contributed by atoms with Crippen molar-refractivity contribution in [2.24, 2.45) is 10.8 Å². The molecule has 0 fully saturated rings. The maximum Gasteiger partial charge on any atom is 0.408 e. The molecule has 51 heavy (non-hydrogen) atoms. The maximum absolute atomic E-state index is 13.7. The van der Waals surface area contributed by atoms with Crippen LogP contribution in [0.2, 0.25) is 0 Å². The smallest absolute Gasteiger partial charge is 0.408 e. The summed E-state index contributed by atoms with van der Waals surface area (Å²) in [7, 11) is 0. The first-order valence-electron chi connectivity index (χ1n) is 15.8. The van der Waals surface area contributed by atoms with Gasteiger partial charge in [0, 0.05) is 13.0 Å². The molecule has 0 saturated carbocycles. The van der Waals surface area contributed by atoms with Gasteiger partial charge in [0.1, 0.15) is 36.4 Å². The Morgan fingerprint density at radius 3 is 1.80 bits per heavy atom. The van der Waals surface area contributed by atoms with Crippen LogP contribution in [0.3, 0.4) is 0 Å². The molecule has 17 nitrogen and oxygen atoms in total. The highest BCUT2D eigenvalue weighted by molar-refractivity contribution is 5.94. The standard InChI is InChI=1S/C34H39N7O10/c35-33(40-41(48)49)36-18-10-17-26(32(45)46)37-30(43)27(19-23-11-4-1-5-12-23)38-31(44)28(20-29(42)50-21-24-13-6-2-7-14-24)39-34(47)51-22-25-15-8-3-9-16-25/h1-9,11-16,26-28H,10,17-22H2,(H,37,43)(H,38,44)(H,39,47)(H,45,46)(H3,35,36,40)/t26-,27?,28-/m0/s1. The molecule has 1 unspecified atom stereocenters. The number of carboxylic acid groups (broad SMARTS) is 1. The van der Waals surface area contributed by atoms with Crippen LogP contribution in [0, 0.1) is 10.1 Å². The lowest BCUT2D eigenvalue weighted by Crippen LogP contribution is -2.56. The molecule has 7 N–H and O–H groups in total. The van der Waals surface area contributed by atoms with Crippen molar-refractivity contribution in [2.75, 3.05) is 6.54 Å². The van der Waals surface area contributed by atoms with Crippen molar-refractivity contribution in [1.82, 2.24) is 21.3 Å². The second-order valence-electron chi connectivity index (χ2n) is 11.1. The number of benzene rings is 3. The summed E-state index contributed by atoms with van der Waals surface area (Å²) in [6, 6.07) is 21.8. The monoisotopic (exact) mass is 705 g/mol. The van der Waals surface area contributed by atoms with E-state index in [1.165, 1.54) is 0 Å². The Morgan fingerprint density at radius 1 is 0.745 bits per heavy atom. The number of alkyl carbamates (subject to hydrolysis) is 1. The van der Waals surface area contributed by atoms with Gasteiger partial charge in [-0.05, 0) is 29.5 Å². The lowest BCUT2D eigenvalue weighted by molar-refractivity contribution is -0.485. The van der Waals surface area contributed by atoms with Crippen LogP contribution in [0.15, 0.2) is 96.1 Å². The summed E-state index contributed by atoms with van der Waals surface area (Å²) in [6.45, 7) is -0.201. The second-order valence-corrected chi connectivity index (χ2v) is 11.1. The summed E-state index contributed by atoms with van der Waals surface area (Å²) in [5.74, 6) is -4.47. The molecule has 0 spiro atoms. The number of amides is 3. The molecule has 17 heteroatoms. The number of hydrazone groups is 1. The van der Waals surface area contributed by atoms with Gasteiger partial charge in [-0.3, -0.25) is 14.4 Å². The minimum Gasteiger partial charge on any atom is -0.480 e. The molecule has 3 aromatic rings. The number of hydrogen-bond donors (Lipinski definition) is 6. The van der Waals surface area contributed by atoms with Crippen LogP contribution in [0.4, 0.5) is 4.79 Å². The average Bonchev–Trinajstić information content (AvgIpc) is 3.11. The molecular formula is C34H39N7O10. The minimum absolute atomic E-state index is 0.0150. The highest BCUT2D eigenvalue weighted by Crippen LogP contribution is 2.09. The van der Waals surface area contributed by atoms with Crippen LogP contribution >= 0.6 is 0 Å². The molecule has 3 amide bonds. The predicted octanol–water partition coefficient (Wildman–Crippen LogP) is 1.59. The van der Waals surface area contributed by atoms with Gasteiger partial charge in [0.25, 0.3) is 5.96 Å². The molecule has 0 aliphatic heterocycles. The molecule has 0 aromatic heterocycles. The Labute approximate surface area is 292 Å². The van der Waals surface area contributed by atoms with Gasteiger partial charge in [-0.25, -0.2) is 19.7 Å². The van der Waals surface area contributed by atoms with E-state index in [1.807, 2.05) is 0 Å². The van der Waals surface area contributed by atoms with Crippen molar-refractivity contribution in [3.8, 4) is 0 Å². The van der Waals surface area contributed by atoms with Gasteiger partial charge < -0.3 is 41.6 Å². The van der Waals surface area contributed by atoms with Crippen LogP contribution in [-0.4, -0.2) is 70.6 Å². The Kier molecular flexibility index (Phi) is 15.8. The van der Waals surface area contributed by atoms with Gasteiger partial charge in [0.15, 0.2) is 5.03 Å². The van der Waals surface area contributed by atoms with E-state index in [0.29, 0.717) is 16.7 Å². The van der Waals surface area contributed by atoms with E-state index in [9.17, 15) is 39.2 Å². The van der Waals surface area contributed by atoms with E-state index in [1.54, 1.807) is 91.0 Å². The number of nitrogens with one attached hydrogen (secondary N) is 4.